The van der Waals surface area contributed by atoms with E-state index in [1.807, 2.05) is 24.3 Å². The SMILES string of the molecule is COc1ccccc1CN1C(=O)C(C)NC(=O)C1(C)C. The molecular weight excluding hydrogens is 256 g/mol. The molecule has 1 aliphatic rings. The Morgan fingerprint density at radius 3 is 2.60 bits per heavy atom. The van der Waals surface area contributed by atoms with Gasteiger partial charge in [0.15, 0.2) is 0 Å². The van der Waals surface area contributed by atoms with Crippen molar-refractivity contribution < 1.29 is 14.3 Å². The van der Waals surface area contributed by atoms with Crippen molar-refractivity contribution in [2.24, 2.45) is 0 Å². The molecule has 0 spiro atoms. The van der Waals surface area contributed by atoms with Gasteiger partial charge in [-0.15, -0.1) is 0 Å². The third-order valence-corrected chi connectivity index (χ3v) is 3.74. The van der Waals surface area contributed by atoms with E-state index in [1.54, 1.807) is 32.8 Å². The Morgan fingerprint density at radius 1 is 1.30 bits per heavy atom. The van der Waals surface area contributed by atoms with Crippen LogP contribution in [0.5, 0.6) is 5.75 Å². The maximum Gasteiger partial charge on any atom is 0.246 e. The lowest BCUT2D eigenvalue weighted by molar-refractivity contribution is -0.155. The van der Waals surface area contributed by atoms with Crippen molar-refractivity contribution >= 4 is 11.8 Å². The highest BCUT2D eigenvalue weighted by Gasteiger charge is 2.44. The summed E-state index contributed by atoms with van der Waals surface area (Å²) in [6.45, 7) is 5.56. The normalized spacial score (nSPS) is 21.6. The molecule has 0 saturated carbocycles. The average Bonchev–Trinajstić information content (AvgIpc) is 2.42. The smallest absolute Gasteiger partial charge is 0.246 e. The first-order chi connectivity index (χ1) is 9.37. The van der Waals surface area contributed by atoms with Gasteiger partial charge < -0.3 is 15.0 Å². The zero-order valence-electron chi connectivity index (χ0n) is 12.3. The maximum atomic E-state index is 12.4. The number of carbonyl (C=O) groups is 2. The Bertz CT molecular complexity index is 540. The van der Waals surface area contributed by atoms with Crippen LogP contribution in [0.1, 0.15) is 26.3 Å². The molecule has 1 aromatic rings. The maximum absolute atomic E-state index is 12.4. The number of benzene rings is 1. The molecule has 0 aliphatic carbocycles. The topological polar surface area (TPSA) is 58.6 Å². The number of nitrogens with one attached hydrogen (secondary N) is 1. The van der Waals surface area contributed by atoms with Gasteiger partial charge in [-0.1, -0.05) is 18.2 Å². The number of carbonyl (C=O) groups excluding carboxylic acids is 2. The van der Waals surface area contributed by atoms with Gasteiger partial charge in [0.05, 0.1) is 13.7 Å². The fraction of sp³-hybridized carbons (Fsp3) is 0.467. The fourth-order valence-electron chi connectivity index (χ4n) is 2.35. The van der Waals surface area contributed by atoms with E-state index in [2.05, 4.69) is 5.32 Å². The zero-order valence-corrected chi connectivity index (χ0v) is 12.3. The van der Waals surface area contributed by atoms with Gasteiger partial charge in [-0.3, -0.25) is 9.59 Å². The summed E-state index contributed by atoms with van der Waals surface area (Å²) in [4.78, 5) is 26.1. The summed E-state index contributed by atoms with van der Waals surface area (Å²) in [5, 5.41) is 2.70. The fourth-order valence-corrected chi connectivity index (χ4v) is 2.35. The second kappa shape index (κ2) is 5.15. The molecular formula is C15H20N2O3. The molecule has 1 fully saturated rings. The highest BCUT2D eigenvalue weighted by atomic mass is 16.5. The number of hydrogen-bond acceptors (Lipinski definition) is 3. The van der Waals surface area contributed by atoms with Gasteiger partial charge in [0.1, 0.15) is 17.3 Å². The van der Waals surface area contributed by atoms with Gasteiger partial charge in [0, 0.05) is 5.56 Å². The van der Waals surface area contributed by atoms with Gasteiger partial charge in [-0.05, 0) is 26.8 Å². The summed E-state index contributed by atoms with van der Waals surface area (Å²) in [6.07, 6.45) is 0. The molecule has 0 radical (unpaired) electrons. The molecule has 1 atom stereocenters. The van der Waals surface area contributed by atoms with Crippen LogP contribution in [0, 0.1) is 0 Å². The van der Waals surface area contributed by atoms with Crippen LogP contribution in [0.2, 0.25) is 0 Å². The number of amides is 2. The van der Waals surface area contributed by atoms with Gasteiger partial charge in [0.25, 0.3) is 0 Å². The van der Waals surface area contributed by atoms with Crippen molar-refractivity contribution in [1.29, 1.82) is 0 Å². The molecule has 5 heteroatoms. The van der Waals surface area contributed by atoms with Crippen molar-refractivity contribution in [3.63, 3.8) is 0 Å². The molecule has 1 saturated heterocycles. The number of nitrogens with zero attached hydrogens (tertiary/aromatic N) is 1. The minimum atomic E-state index is -0.871. The van der Waals surface area contributed by atoms with Crippen molar-refractivity contribution in [2.45, 2.75) is 38.9 Å². The average molecular weight is 276 g/mol. The van der Waals surface area contributed by atoms with Crippen molar-refractivity contribution in [3.8, 4) is 5.75 Å². The Balaban J connectivity index is 2.34. The van der Waals surface area contributed by atoms with Crippen LogP contribution in [0.4, 0.5) is 0 Å². The molecule has 0 bridgehead atoms. The summed E-state index contributed by atoms with van der Waals surface area (Å²) in [6, 6.07) is 7.02. The van der Waals surface area contributed by atoms with Gasteiger partial charge in [-0.25, -0.2) is 0 Å². The van der Waals surface area contributed by atoms with E-state index in [9.17, 15) is 9.59 Å². The van der Waals surface area contributed by atoms with E-state index in [0.717, 1.165) is 11.3 Å². The van der Waals surface area contributed by atoms with Gasteiger partial charge >= 0.3 is 0 Å². The second-order valence-corrected chi connectivity index (χ2v) is 5.49. The minimum absolute atomic E-state index is 0.0829. The Hall–Kier alpha value is -2.04. The van der Waals surface area contributed by atoms with E-state index in [4.69, 9.17) is 4.74 Å². The first kappa shape index (κ1) is 14.4. The molecule has 2 amide bonds. The van der Waals surface area contributed by atoms with E-state index in [1.165, 1.54) is 0 Å². The third kappa shape index (κ3) is 2.35. The number of piperazine rings is 1. The van der Waals surface area contributed by atoms with E-state index in [0.29, 0.717) is 6.54 Å². The quantitative estimate of drug-likeness (QED) is 0.906. The molecule has 1 N–H and O–H groups in total. The van der Waals surface area contributed by atoms with Crippen molar-refractivity contribution in [2.75, 3.05) is 7.11 Å². The first-order valence-electron chi connectivity index (χ1n) is 6.62. The molecule has 1 heterocycles. The molecule has 20 heavy (non-hydrogen) atoms. The highest BCUT2D eigenvalue weighted by molar-refractivity contribution is 5.99. The summed E-state index contributed by atoms with van der Waals surface area (Å²) < 4.78 is 5.31. The van der Waals surface area contributed by atoms with Crippen LogP contribution in [-0.2, 0) is 16.1 Å². The van der Waals surface area contributed by atoms with Gasteiger partial charge in [-0.2, -0.15) is 0 Å². The molecule has 1 aromatic carbocycles. The lowest BCUT2D eigenvalue weighted by Crippen LogP contribution is -2.67. The molecule has 5 nitrogen and oxygen atoms in total. The Kier molecular flexibility index (Phi) is 3.70. The van der Waals surface area contributed by atoms with Crippen molar-refractivity contribution in [3.05, 3.63) is 29.8 Å². The van der Waals surface area contributed by atoms with Gasteiger partial charge in [0.2, 0.25) is 11.8 Å². The van der Waals surface area contributed by atoms with Crippen molar-refractivity contribution in [1.82, 2.24) is 10.2 Å². The number of ether oxygens (including phenoxy) is 1. The molecule has 2 rings (SSSR count). The third-order valence-electron chi connectivity index (χ3n) is 3.74. The number of methoxy groups -OCH3 is 1. The lowest BCUT2D eigenvalue weighted by Gasteiger charge is -2.43. The largest absolute Gasteiger partial charge is 0.496 e. The summed E-state index contributed by atoms with van der Waals surface area (Å²) in [7, 11) is 1.59. The minimum Gasteiger partial charge on any atom is -0.496 e. The van der Waals surface area contributed by atoms with Crippen LogP contribution in [0.3, 0.4) is 0 Å². The number of para-hydroxylation sites is 1. The van der Waals surface area contributed by atoms with Crippen LogP contribution in [0.25, 0.3) is 0 Å². The predicted molar refractivity (Wildman–Crippen MR) is 75.2 cm³/mol. The van der Waals surface area contributed by atoms with Crippen LogP contribution >= 0.6 is 0 Å². The van der Waals surface area contributed by atoms with E-state index >= 15 is 0 Å². The lowest BCUT2D eigenvalue weighted by atomic mass is 9.95. The number of rotatable bonds is 3. The monoisotopic (exact) mass is 276 g/mol. The van der Waals surface area contributed by atoms with E-state index < -0.39 is 11.6 Å². The van der Waals surface area contributed by atoms with E-state index in [-0.39, 0.29) is 11.8 Å². The molecule has 0 aromatic heterocycles. The molecule has 1 aliphatic heterocycles. The predicted octanol–water partition coefficient (Wildman–Crippen LogP) is 1.32. The standard InChI is InChI=1S/C15H20N2O3/c1-10-13(18)17(15(2,3)14(19)16-10)9-11-7-5-6-8-12(11)20-4/h5-8,10H,9H2,1-4H3,(H,16,19). The number of hydrogen-bond donors (Lipinski definition) is 1. The zero-order chi connectivity index (χ0) is 14.9. The Morgan fingerprint density at radius 2 is 1.95 bits per heavy atom. The summed E-state index contributed by atoms with van der Waals surface area (Å²) in [5.74, 6) is 0.495. The summed E-state index contributed by atoms with van der Waals surface area (Å²) in [5.41, 5.74) is 0.0167. The van der Waals surface area contributed by atoms with Crippen LogP contribution in [0.15, 0.2) is 24.3 Å². The van der Waals surface area contributed by atoms with Crippen LogP contribution < -0.4 is 10.1 Å². The summed E-state index contributed by atoms with van der Waals surface area (Å²) >= 11 is 0. The second-order valence-electron chi connectivity index (χ2n) is 5.49. The highest BCUT2D eigenvalue weighted by Crippen LogP contribution is 2.27. The molecule has 1 unspecified atom stereocenters. The molecule has 108 valence electrons. The Labute approximate surface area is 118 Å². The van der Waals surface area contributed by atoms with Crippen LogP contribution in [-0.4, -0.2) is 35.4 Å². The first-order valence-corrected chi connectivity index (χ1v) is 6.62.